The Hall–Kier alpha value is -1.23. The molecule has 82 valence electrons. The van der Waals surface area contributed by atoms with Crippen LogP contribution in [0.15, 0.2) is 29.2 Å². The van der Waals surface area contributed by atoms with E-state index < -0.39 is 0 Å². The first-order valence-corrected chi connectivity index (χ1v) is 5.20. The number of rotatable bonds is 4. The van der Waals surface area contributed by atoms with Crippen molar-refractivity contribution in [3.05, 3.63) is 34.8 Å². The lowest BCUT2D eigenvalue weighted by Crippen LogP contribution is -2.25. The molecule has 0 aliphatic carbocycles. The molecule has 1 aromatic heterocycles. The number of aromatic nitrogens is 2. The quantitative estimate of drug-likeness (QED) is 0.608. The molecule has 0 bridgehead atoms. The number of nitrogens with zero attached hydrogens (tertiary/aromatic N) is 3. The van der Waals surface area contributed by atoms with E-state index in [-0.39, 0.29) is 5.56 Å². The molecule has 4 nitrogen and oxygen atoms in total. The molecule has 0 atom stereocenters. The highest BCUT2D eigenvalue weighted by Crippen LogP contribution is 2.04. The Morgan fingerprint density at radius 1 is 1.67 bits per heavy atom. The lowest BCUT2D eigenvalue weighted by atomic mass is 10.3. The van der Waals surface area contributed by atoms with E-state index >= 15 is 0 Å². The third kappa shape index (κ3) is 3.13. The molecule has 1 rings (SSSR count). The van der Waals surface area contributed by atoms with Gasteiger partial charge in [0.25, 0.3) is 5.56 Å². The summed E-state index contributed by atoms with van der Waals surface area (Å²) in [5.74, 6) is 0.559. The van der Waals surface area contributed by atoms with Gasteiger partial charge in [0.1, 0.15) is 0 Å². The average Bonchev–Trinajstić information content (AvgIpc) is 2.20. The van der Waals surface area contributed by atoms with Gasteiger partial charge >= 0.3 is 0 Å². The summed E-state index contributed by atoms with van der Waals surface area (Å²) >= 11 is 4.08. The molecule has 0 N–H and O–H groups in total. The first-order chi connectivity index (χ1) is 7.04. The summed E-state index contributed by atoms with van der Waals surface area (Å²) in [7, 11) is 3.74. The highest BCUT2D eigenvalue weighted by molar-refractivity contribution is 7.80. The third-order valence-electron chi connectivity index (χ3n) is 1.97. The Kier molecular flexibility index (Phi) is 3.96. The van der Waals surface area contributed by atoms with Gasteiger partial charge in [0.05, 0.1) is 18.4 Å². The van der Waals surface area contributed by atoms with Crippen molar-refractivity contribution in [2.24, 2.45) is 0 Å². The molecule has 1 aromatic rings. The van der Waals surface area contributed by atoms with Crippen molar-refractivity contribution in [2.45, 2.75) is 6.54 Å². The Morgan fingerprint density at radius 3 is 2.80 bits per heavy atom. The smallest absolute Gasteiger partial charge is 0.269 e. The number of anilines is 1. The summed E-state index contributed by atoms with van der Waals surface area (Å²) in [4.78, 5) is 13.4. The standard InChI is InChI=1S/C10H15N3OS/c1-8(7-15)6-13-10(14)4-9(5-11-13)12(2)3/h4-5,15H,1,6-7H2,2-3H3. The third-order valence-corrected chi connectivity index (χ3v) is 2.42. The predicted molar refractivity (Wildman–Crippen MR) is 65.8 cm³/mol. The van der Waals surface area contributed by atoms with Crippen LogP contribution in [0.2, 0.25) is 0 Å². The molecule has 0 aliphatic rings. The summed E-state index contributed by atoms with van der Waals surface area (Å²) in [5, 5.41) is 4.06. The zero-order valence-corrected chi connectivity index (χ0v) is 9.87. The van der Waals surface area contributed by atoms with Crippen LogP contribution >= 0.6 is 12.6 Å². The number of hydrogen-bond donors (Lipinski definition) is 1. The minimum Gasteiger partial charge on any atom is -0.376 e. The second kappa shape index (κ2) is 5.02. The van der Waals surface area contributed by atoms with E-state index in [1.165, 1.54) is 4.68 Å². The Morgan fingerprint density at radius 2 is 2.33 bits per heavy atom. The van der Waals surface area contributed by atoms with E-state index in [2.05, 4.69) is 24.3 Å². The zero-order valence-electron chi connectivity index (χ0n) is 8.97. The molecule has 0 amide bonds. The maximum atomic E-state index is 11.6. The topological polar surface area (TPSA) is 38.1 Å². The molecular weight excluding hydrogens is 210 g/mol. The lowest BCUT2D eigenvalue weighted by Gasteiger charge is -2.12. The fourth-order valence-electron chi connectivity index (χ4n) is 1.05. The fraction of sp³-hybridized carbons (Fsp3) is 0.400. The zero-order chi connectivity index (χ0) is 11.4. The highest BCUT2D eigenvalue weighted by atomic mass is 32.1. The van der Waals surface area contributed by atoms with Gasteiger partial charge in [-0.3, -0.25) is 4.79 Å². The molecule has 15 heavy (non-hydrogen) atoms. The fourth-order valence-corrected chi connectivity index (χ4v) is 1.15. The molecular formula is C10H15N3OS. The van der Waals surface area contributed by atoms with Crippen molar-refractivity contribution in [2.75, 3.05) is 24.7 Å². The van der Waals surface area contributed by atoms with Crippen LogP contribution in [-0.2, 0) is 6.54 Å². The van der Waals surface area contributed by atoms with Crippen LogP contribution in [0.1, 0.15) is 0 Å². The van der Waals surface area contributed by atoms with Gasteiger partial charge < -0.3 is 4.90 Å². The average molecular weight is 225 g/mol. The van der Waals surface area contributed by atoms with E-state index in [0.717, 1.165) is 11.3 Å². The van der Waals surface area contributed by atoms with Crippen LogP contribution in [0, 0.1) is 0 Å². The van der Waals surface area contributed by atoms with Crippen molar-refractivity contribution in [3.8, 4) is 0 Å². The van der Waals surface area contributed by atoms with Gasteiger partial charge in [0.15, 0.2) is 0 Å². The summed E-state index contributed by atoms with van der Waals surface area (Å²) in [5.41, 5.74) is 1.54. The summed E-state index contributed by atoms with van der Waals surface area (Å²) in [6.07, 6.45) is 1.66. The minimum atomic E-state index is -0.121. The highest BCUT2D eigenvalue weighted by Gasteiger charge is 2.02. The molecule has 0 aliphatic heterocycles. The van der Waals surface area contributed by atoms with Crippen LogP contribution in [0.4, 0.5) is 5.69 Å². The van der Waals surface area contributed by atoms with Gasteiger partial charge in [-0.1, -0.05) is 6.58 Å². The monoisotopic (exact) mass is 225 g/mol. The molecule has 1 heterocycles. The van der Waals surface area contributed by atoms with Crippen LogP contribution in [0.3, 0.4) is 0 Å². The molecule has 0 fully saturated rings. The number of hydrogen-bond acceptors (Lipinski definition) is 4. The Balaban J connectivity index is 2.94. The minimum absolute atomic E-state index is 0.121. The van der Waals surface area contributed by atoms with E-state index in [1.807, 2.05) is 19.0 Å². The van der Waals surface area contributed by atoms with Crippen LogP contribution in [0.5, 0.6) is 0 Å². The summed E-state index contributed by atoms with van der Waals surface area (Å²) < 4.78 is 1.38. The van der Waals surface area contributed by atoms with Gasteiger partial charge in [-0.15, -0.1) is 0 Å². The maximum Gasteiger partial charge on any atom is 0.269 e. The van der Waals surface area contributed by atoms with Gasteiger partial charge in [-0.25, -0.2) is 4.68 Å². The second-order valence-corrected chi connectivity index (χ2v) is 3.83. The molecule has 0 spiro atoms. The first kappa shape index (κ1) is 11.8. The van der Waals surface area contributed by atoms with Crippen molar-refractivity contribution >= 4 is 18.3 Å². The van der Waals surface area contributed by atoms with Gasteiger partial charge in [-0.05, 0) is 5.57 Å². The molecule has 0 unspecified atom stereocenters. The van der Waals surface area contributed by atoms with Crippen LogP contribution in [0.25, 0.3) is 0 Å². The van der Waals surface area contributed by atoms with Gasteiger partial charge in [-0.2, -0.15) is 17.7 Å². The van der Waals surface area contributed by atoms with E-state index in [0.29, 0.717) is 12.3 Å². The van der Waals surface area contributed by atoms with Crippen molar-refractivity contribution in [1.82, 2.24) is 9.78 Å². The van der Waals surface area contributed by atoms with E-state index in [9.17, 15) is 4.79 Å². The molecule has 0 saturated heterocycles. The van der Waals surface area contributed by atoms with Crippen molar-refractivity contribution in [1.29, 1.82) is 0 Å². The maximum absolute atomic E-state index is 11.6. The second-order valence-electron chi connectivity index (χ2n) is 3.51. The van der Waals surface area contributed by atoms with E-state index in [4.69, 9.17) is 0 Å². The van der Waals surface area contributed by atoms with Crippen LogP contribution in [-0.4, -0.2) is 29.6 Å². The Labute approximate surface area is 94.6 Å². The Bertz CT molecular complexity index is 411. The summed E-state index contributed by atoms with van der Waals surface area (Å²) in [6, 6.07) is 1.55. The van der Waals surface area contributed by atoms with Crippen molar-refractivity contribution in [3.63, 3.8) is 0 Å². The molecule has 0 aromatic carbocycles. The summed E-state index contributed by atoms with van der Waals surface area (Å²) in [6.45, 7) is 4.21. The lowest BCUT2D eigenvalue weighted by molar-refractivity contribution is 0.633. The first-order valence-electron chi connectivity index (χ1n) is 4.56. The van der Waals surface area contributed by atoms with Gasteiger partial charge in [0, 0.05) is 25.9 Å². The number of thiol groups is 1. The van der Waals surface area contributed by atoms with Crippen LogP contribution < -0.4 is 10.5 Å². The molecule has 5 heteroatoms. The largest absolute Gasteiger partial charge is 0.376 e. The van der Waals surface area contributed by atoms with Crippen molar-refractivity contribution < 1.29 is 0 Å². The predicted octanol–water partition coefficient (Wildman–Crippen LogP) is 0.795. The van der Waals surface area contributed by atoms with Gasteiger partial charge in [0.2, 0.25) is 0 Å². The van der Waals surface area contributed by atoms with E-state index in [1.54, 1.807) is 12.3 Å². The molecule has 0 radical (unpaired) electrons. The normalized spacial score (nSPS) is 10.1. The SMILES string of the molecule is C=C(CS)Cn1ncc(N(C)C)cc1=O. The molecule has 0 saturated carbocycles.